The van der Waals surface area contributed by atoms with Gasteiger partial charge >= 0.3 is 0 Å². The second-order valence-corrected chi connectivity index (χ2v) is 3.78. The second-order valence-electron chi connectivity index (χ2n) is 2.87. The van der Waals surface area contributed by atoms with Crippen LogP contribution in [-0.4, -0.2) is 4.98 Å². The molecule has 0 radical (unpaired) electrons. The molecule has 0 amide bonds. The van der Waals surface area contributed by atoms with Crippen LogP contribution in [0.1, 0.15) is 5.89 Å². The minimum absolute atomic E-state index is 0.324. The zero-order valence-electron chi connectivity index (χ0n) is 7.42. The van der Waals surface area contributed by atoms with Gasteiger partial charge in [0.2, 0.25) is 0 Å². The third-order valence-corrected chi connectivity index (χ3v) is 2.31. The van der Waals surface area contributed by atoms with Crippen LogP contribution in [0.4, 0.5) is 4.39 Å². The van der Waals surface area contributed by atoms with Crippen LogP contribution in [0.25, 0.3) is 11.3 Å². The van der Waals surface area contributed by atoms with Crippen LogP contribution in [0.3, 0.4) is 0 Å². The number of nitrogens with zero attached hydrogens (tertiary/aromatic N) is 1. The van der Waals surface area contributed by atoms with Crippen molar-refractivity contribution < 1.29 is 8.81 Å². The molecular formula is C10H7BrFNO. The highest BCUT2D eigenvalue weighted by molar-refractivity contribution is 9.10. The van der Waals surface area contributed by atoms with Gasteiger partial charge in [0, 0.05) is 11.4 Å². The first-order valence-corrected chi connectivity index (χ1v) is 4.84. The summed E-state index contributed by atoms with van der Waals surface area (Å²) in [5, 5.41) is 0. The van der Waals surface area contributed by atoms with Crippen LogP contribution in [0, 0.1) is 12.7 Å². The van der Waals surface area contributed by atoms with E-state index in [0.717, 1.165) is 0 Å². The zero-order chi connectivity index (χ0) is 10.1. The summed E-state index contributed by atoms with van der Waals surface area (Å²) in [6.07, 6.45) is 1.52. The molecule has 72 valence electrons. The molecule has 1 aromatic heterocycles. The molecule has 0 saturated heterocycles. The minimum atomic E-state index is -0.324. The van der Waals surface area contributed by atoms with Crippen LogP contribution >= 0.6 is 15.9 Å². The molecule has 0 aliphatic heterocycles. The van der Waals surface area contributed by atoms with Crippen LogP contribution in [0.5, 0.6) is 0 Å². The monoisotopic (exact) mass is 255 g/mol. The first-order valence-electron chi connectivity index (χ1n) is 4.04. The number of aryl methyl sites for hydroxylation is 1. The fraction of sp³-hybridized carbons (Fsp3) is 0.100. The predicted octanol–water partition coefficient (Wildman–Crippen LogP) is 3.55. The number of aromatic nitrogens is 1. The standard InChI is InChI=1S/C10H7BrFNO/c1-6-13-5-10(14-6)8-3-2-7(11)4-9(8)12/h2-5H,1H3. The van der Waals surface area contributed by atoms with Crippen molar-refractivity contribution in [3.05, 3.63) is 40.6 Å². The largest absolute Gasteiger partial charge is 0.441 e. The van der Waals surface area contributed by atoms with E-state index in [2.05, 4.69) is 20.9 Å². The Labute approximate surface area is 88.9 Å². The Morgan fingerprint density at radius 1 is 1.43 bits per heavy atom. The Bertz CT molecular complexity index is 467. The van der Waals surface area contributed by atoms with Crippen molar-refractivity contribution in [2.24, 2.45) is 0 Å². The summed E-state index contributed by atoms with van der Waals surface area (Å²) in [5.74, 6) is 0.658. The van der Waals surface area contributed by atoms with E-state index in [1.54, 1.807) is 19.1 Å². The Balaban J connectivity index is 2.52. The van der Waals surface area contributed by atoms with Crippen LogP contribution < -0.4 is 0 Å². The van der Waals surface area contributed by atoms with E-state index in [0.29, 0.717) is 21.7 Å². The molecule has 0 unspecified atom stereocenters. The fourth-order valence-electron chi connectivity index (χ4n) is 1.18. The van der Waals surface area contributed by atoms with Gasteiger partial charge in [-0.2, -0.15) is 0 Å². The molecule has 1 aromatic carbocycles. The number of oxazole rings is 1. The van der Waals surface area contributed by atoms with E-state index in [4.69, 9.17) is 4.42 Å². The third-order valence-electron chi connectivity index (χ3n) is 1.82. The third kappa shape index (κ3) is 1.70. The number of halogens is 2. The number of rotatable bonds is 1. The van der Waals surface area contributed by atoms with Gasteiger partial charge in [-0.05, 0) is 18.2 Å². The lowest BCUT2D eigenvalue weighted by molar-refractivity contribution is 0.528. The Morgan fingerprint density at radius 3 is 2.79 bits per heavy atom. The maximum absolute atomic E-state index is 13.4. The average Bonchev–Trinajstić information content (AvgIpc) is 2.51. The van der Waals surface area contributed by atoms with Crippen molar-refractivity contribution in [1.29, 1.82) is 0 Å². The van der Waals surface area contributed by atoms with E-state index in [-0.39, 0.29) is 5.82 Å². The molecule has 0 atom stereocenters. The van der Waals surface area contributed by atoms with Crippen molar-refractivity contribution in [1.82, 2.24) is 4.98 Å². The van der Waals surface area contributed by atoms with Gasteiger partial charge in [0.15, 0.2) is 11.7 Å². The van der Waals surface area contributed by atoms with E-state index < -0.39 is 0 Å². The molecule has 0 fully saturated rings. The second kappa shape index (κ2) is 3.53. The van der Waals surface area contributed by atoms with Crippen LogP contribution in [0.2, 0.25) is 0 Å². The van der Waals surface area contributed by atoms with Gasteiger partial charge in [-0.3, -0.25) is 0 Å². The van der Waals surface area contributed by atoms with E-state index >= 15 is 0 Å². The molecule has 4 heteroatoms. The quantitative estimate of drug-likeness (QED) is 0.779. The highest BCUT2D eigenvalue weighted by Gasteiger charge is 2.09. The molecular weight excluding hydrogens is 249 g/mol. The fourth-order valence-corrected chi connectivity index (χ4v) is 1.51. The van der Waals surface area contributed by atoms with Gasteiger partial charge in [0.25, 0.3) is 0 Å². The smallest absolute Gasteiger partial charge is 0.191 e. The van der Waals surface area contributed by atoms with Gasteiger partial charge in [-0.25, -0.2) is 9.37 Å². The summed E-state index contributed by atoms with van der Waals surface area (Å²) in [7, 11) is 0. The van der Waals surface area contributed by atoms with Gasteiger partial charge in [-0.15, -0.1) is 0 Å². The molecule has 0 aliphatic rings. The predicted molar refractivity (Wildman–Crippen MR) is 54.3 cm³/mol. The minimum Gasteiger partial charge on any atom is -0.441 e. The first-order chi connectivity index (χ1) is 6.66. The Hall–Kier alpha value is -1.16. The van der Waals surface area contributed by atoms with E-state index in [1.807, 2.05) is 0 Å². The Kier molecular flexibility index (Phi) is 2.37. The SMILES string of the molecule is Cc1ncc(-c2ccc(Br)cc2F)o1. The van der Waals surface area contributed by atoms with Crippen molar-refractivity contribution in [3.8, 4) is 11.3 Å². The molecule has 2 aromatic rings. The molecule has 14 heavy (non-hydrogen) atoms. The molecule has 0 bridgehead atoms. The molecule has 0 aliphatic carbocycles. The molecule has 0 saturated carbocycles. The molecule has 2 rings (SSSR count). The number of benzene rings is 1. The first kappa shape index (κ1) is 9.40. The summed E-state index contributed by atoms with van der Waals surface area (Å²) in [6, 6.07) is 4.81. The van der Waals surface area contributed by atoms with E-state index in [1.165, 1.54) is 12.3 Å². The number of hydrogen-bond acceptors (Lipinski definition) is 2. The molecule has 1 heterocycles. The van der Waals surface area contributed by atoms with Crippen molar-refractivity contribution in [2.75, 3.05) is 0 Å². The van der Waals surface area contributed by atoms with Crippen molar-refractivity contribution >= 4 is 15.9 Å². The summed E-state index contributed by atoms with van der Waals surface area (Å²) >= 11 is 3.19. The van der Waals surface area contributed by atoms with Crippen LogP contribution in [-0.2, 0) is 0 Å². The van der Waals surface area contributed by atoms with Crippen molar-refractivity contribution in [2.45, 2.75) is 6.92 Å². The lowest BCUT2D eigenvalue weighted by Gasteiger charge is -1.98. The lowest BCUT2D eigenvalue weighted by Crippen LogP contribution is -1.81. The normalized spacial score (nSPS) is 10.5. The molecule has 0 N–H and O–H groups in total. The van der Waals surface area contributed by atoms with Gasteiger partial charge < -0.3 is 4.42 Å². The van der Waals surface area contributed by atoms with Crippen LogP contribution in [0.15, 0.2) is 33.3 Å². The maximum atomic E-state index is 13.4. The summed E-state index contributed by atoms with van der Waals surface area (Å²) in [6.45, 7) is 1.72. The zero-order valence-corrected chi connectivity index (χ0v) is 9.01. The van der Waals surface area contributed by atoms with Gasteiger partial charge in [0.1, 0.15) is 5.82 Å². The lowest BCUT2D eigenvalue weighted by atomic mass is 10.2. The molecule has 0 spiro atoms. The number of hydrogen-bond donors (Lipinski definition) is 0. The summed E-state index contributed by atoms with van der Waals surface area (Å²) in [5.41, 5.74) is 0.425. The average molecular weight is 256 g/mol. The van der Waals surface area contributed by atoms with Gasteiger partial charge in [0.05, 0.1) is 11.8 Å². The topological polar surface area (TPSA) is 26.0 Å². The highest BCUT2D eigenvalue weighted by Crippen LogP contribution is 2.25. The van der Waals surface area contributed by atoms with Gasteiger partial charge in [-0.1, -0.05) is 15.9 Å². The Morgan fingerprint density at radius 2 is 2.21 bits per heavy atom. The highest BCUT2D eigenvalue weighted by atomic mass is 79.9. The maximum Gasteiger partial charge on any atom is 0.191 e. The van der Waals surface area contributed by atoms with E-state index in [9.17, 15) is 4.39 Å². The summed E-state index contributed by atoms with van der Waals surface area (Å²) < 4.78 is 19.4. The van der Waals surface area contributed by atoms with Crippen molar-refractivity contribution in [3.63, 3.8) is 0 Å². The molecule has 2 nitrogen and oxygen atoms in total. The summed E-state index contributed by atoms with van der Waals surface area (Å²) in [4.78, 5) is 3.91.